The quantitative estimate of drug-likeness (QED) is 0.238. The van der Waals surface area contributed by atoms with Crippen LogP contribution in [0, 0.1) is 0 Å². The van der Waals surface area contributed by atoms with E-state index in [9.17, 15) is 9.36 Å². The maximum absolute atomic E-state index is 14.2. The number of benzene rings is 1. The van der Waals surface area contributed by atoms with E-state index in [1.54, 1.807) is 0 Å². The van der Waals surface area contributed by atoms with Crippen molar-refractivity contribution in [1.82, 2.24) is 4.90 Å². The third-order valence-corrected chi connectivity index (χ3v) is 6.86. The highest BCUT2D eigenvalue weighted by Crippen LogP contribution is 2.56. The first-order valence-corrected chi connectivity index (χ1v) is 12.6. The van der Waals surface area contributed by atoms with Gasteiger partial charge in [-0.05, 0) is 52.5 Å². The van der Waals surface area contributed by atoms with Crippen LogP contribution in [0.4, 0.5) is 0 Å². The van der Waals surface area contributed by atoms with Gasteiger partial charge in [-0.25, -0.2) is 0 Å². The van der Waals surface area contributed by atoms with Crippen LogP contribution in [0.15, 0.2) is 35.3 Å². The summed E-state index contributed by atoms with van der Waals surface area (Å²) in [5, 5.41) is 0. The number of amidine groups is 1. The van der Waals surface area contributed by atoms with Gasteiger partial charge in [0.1, 0.15) is 11.5 Å². The third-order valence-electron chi connectivity index (χ3n) is 4.25. The fourth-order valence-electron chi connectivity index (χ4n) is 3.34. The molecule has 1 rings (SSSR count). The van der Waals surface area contributed by atoms with Gasteiger partial charge in [0, 0.05) is 20.0 Å². The van der Waals surface area contributed by atoms with Gasteiger partial charge in [-0.15, -0.1) is 0 Å². The van der Waals surface area contributed by atoms with Crippen LogP contribution in [-0.4, -0.2) is 47.6 Å². The molecule has 0 aliphatic rings. The summed E-state index contributed by atoms with van der Waals surface area (Å²) in [4.78, 5) is 18.5. The number of carbonyl (C=O) groups excluding carboxylic acids is 1. The Morgan fingerprint density at radius 1 is 1.00 bits per heavy atom. The zero-order valence-corrected chi connectivity index (χ0v) is 20.5. The molecule has 0 saturated heterocycles. The molecule has 1 aromatic carbocycles. The molecule has 0 radical (unpaired) electrons. The third kappa shape index (κ3) is 8.71. The first-order chi connectivity index (χ1) is 14.1. The summed E-state index contributed by atoms with van der Waals surface area (Å²) >= 11 is 0. The summed E-state index contributed by atoms with van der Waals surface area (Å²) < 4.78 is 26.1. The van der Waals surface area contributed by atoms with Gasteiger partial charge in [-0.2, -0.15) is 4.99 Å². The molecule has 0 aliphatic heterocycles. The predicted molar refractivity (Wildman–Crippen MR) is 124 cm³/mol. The molecule has 170 valence electrons. The van der Waals surface area contributed by atoms with Gasteiger partial charge in [0.15, 0.2) is 0 Å². The van der Waals surface area contributed by atoms with E-state index in [2.05, 4.69) is 23.7 Å². The monoisotopic (exact) mass is 438 g/mol. The maximum atomic E-state index is 14.2. The number of nitrogens with zero attached hydrogens (tertiary/aromatic N) is 2. The van der Waals surface area contributed by atoms with E-state index in [1.165, 1.54) is 6.92 Å². The largest absolute Gasteiger partial charge is 0.359 e. The molecule has 0 heterocycles. The van der Waals surface area contributed by atoms with E-state index < -0.39 is 13.3 Å². The molecule has 0 N–H and O–H groups in total. The molecular formula is C23H39N2O4P. The van der Waals surface area contributed by atoms with Crippen molar-refractivity contribution in [2.24, 2.45) is 4.99 Å². The molecule has 0 bridgehead atoms. The first kappa shape index (κ1) is 26.5. The first-order valence-electron chi connectivity index (χ1n) is 11.0. The smallest absolute Gasteiger partial charge is 0.342 e. The minimum Gasteiger partial charge on any atom is -0.359 e. The van der Waals surface area contributed by atoms with Crippen LogP contribution >= 0.6 is 7.60 Å². The molecule has 1 unspecified atom stereocenters. The van der Waals surface area contributed by atoms with Gasteiger partial charge in [0.05, 0.1) is 12.2 Å². The standard InChI is InChI=1S/C23H39N2O4P/c1-8-15-25(16-9-2)23(24-20(7)26)22(17-21-13-11-10-12-14-21)30(27,28-18(3)4)29-19(5)6/h10-14,18-19,22H,8-9,15-17H2,1-7H3. The number of hydrogen-bond acceptors (Lipinski definition) is 4. The summed E-state index contributed by atoms with van der Waals surface area (Å²) in [6.07, 6.45) is 1.59. The second-order valence-corrected chi connectivity index (χ2v) is 10.2. The van der Waals surface area contributed by atoms with E-state index >= 15 is 0 Å². The molecule has 7 heteroatoms. The Labute approximate surface area is 182 Å². The number of carbonyl (C=O) groups is 1. The minimum atomic E-state index is -3.65. The topological polar surface area (TPSA) is 68.2 Å². The van der Waals surface area contributed by atoms with E-state index in [0.717, 1.165) is 18.4 Å². The van der Waals surface area contributed by atoms with Gasteiger partial charge in [-0.3, -0.25) is 9.36 Å². The molecule has 1 amide bonds. The summed E-state index contributed by atoms with van der Waals surface area (Å²) in [5.74, 6) is 0.181. The zero-order valence-electron chi connectivity index (χ0n) is 19.6. The number of aliphatic imine (C=N–C) groups is 1. The highest BCUT2D eigenvalue weighted by atomic mass is 31.2. The van der Waals surface area contributed by atoms with Crippen molar-refractivity contribution in [3.05, 3.63) is 35.9 Å². The Bertz CT molecular complexity index is 699. The average molecular weight is 439 g/mol. The molecule has 1 aromatic rings. The van der Waals surface area contributed by atoms with Crippen molar-refractivity contribution in [2.75, 3.05) is 13.1 Å². The van der Waals surface area contributed by atoms with E-state index in [0.29, 0.717) is 25.3 Å². The van der Waals surface area contributed by atoms with Crippen LogP contribution in [0.1, 0.15) is 66.9 Å². The van der Waals surface area contributed by atoms with Gasteiger partial charge < -0.3 is 13.9 Å². The molecule has 0 saturated carbocycles. The van der Waals surface area contributed by atoms with Gasteiger partial charge in [0.2, 0.25) is 5.91 Å². The van der Waals surface area contributed by atoms with Crippen LogP contribution in [0.2, 0.25) is 0 Å². The van der Waals surface area contributed by atoms with Gasteiger partial charge >= 0.3 is 7.60 Å². The van der Waals surface area contributed by atoms with Crippen molar-refractivity contribution in [1.29, 1.82) is 0 Å². The number of hydrogen-bond donors (Lipinski definition) is 0. The summed E-state index contributed by atoms with van der Waals surface area (Å²) in [5.41, 5.74) is 0.318. The van der Waals surface area contributed by atoms with Gasteiger partial charge in [0.25, 0.3) is 0 Å². The van der Waals surface area contributed by atoms with Crippen molar-refractivity contribution >= 4 is 19.3 Å². The minimum absolute atomic E-state index is 0.294. The average Bonchev–Trinajstić information content (AvgIpc) is 2.63. The van der Waals surface area contributed by atoms with Crippen molar-refractivity contribution < 1.29 is 18.4 Å². The second-order valence-electron chi connectivity index (χ2n) is 8.03. The Hall–Kier alpha value is -1.49. The Kier molecular flexibility index (Phi) is 11.5. The fraction of sp³-hybridized carbons (Fsp3) is 0.652. The second kappa shape index (κ2) is 13.0. The Balaban J connectivity index is 3.63. The summed E-state index contributed by atoms with van der Waals surface area (Å²) in [6.45, 7) is 14.4. The molecular weight excluding hydrogens is 399 g/mol. The van der Waals surface area contributed by atoms with Crippen LogP contribution in [-0.2, 0) is 24.8 Å². The van der Waals surface area contributed by atoms with Crippen molar-refractivity contribution in [2.45, 2.75) is 85.6 Å². The molecule has 30 heavy (non-hydrogen) atoms. The lowest BCUT2D eigenvalue weighted by Crippen LogP contribution is -2.43. The lowest BCUT2D eigenvalue weighted by Gasteiger charge is -2.35. The lowest BCUT2D eigenvalue weighted by atomic mass is 10.1. The van der Waals surface area contributed by atoms with E-state index in [4.69, 9.17) is 9.05 Å². The highest BCUT2D eigenvalue weighted by Gasteiger charge is 2.43. The summed E-state index contributed by atoms with van der Waals surface area (Å²) in [7, 11) is -3.65. The fourth-order valence-corrected chi connectivity index (χ4v) is 5.80. The van der Waals surface area contributed by atoms with Crippen LogP contribution < -0.4 is 0 Å². The van der Waals surface area contributed by atoms with E-state index in [1.807, 2.05) is 58.0 Å². The normalized spacial score (nSPS) is 13.7. The number of rotatable bonds is 12. The molecule has 1 atom stereocenters. The van der Waals surface area contributed by atoms with Crippen LogP contribution in [0.25, 0.3) is 0 Å². The molecule has 0 aliphatic carbocycles. The maximum Gasteiger partial charge on any atom is 0.342 e. The van der Waals surface area contributed by atoms with E-state index in [-0.39, 0.29) is 18.1 Å². The van der Waals surface area contributed by atoms with Crippen molar-refractivity contribution in [3.8, 4) is 0 Å². The van der Waals surface area contributed by atoms with Gasteiger partial charge in [-0.1, -0.05) is 44.2 Å². The Morgan fingerprint density at radius 2 is 1.50 bits per heavy atom. The predicted octanol–water partition coefficient (Wildman–Crippen LogP) is 5.71. The Morgan fingerprint density at radius 3 is 1.90 bits per heavy atom. The zero-order chi connectivity index (χ0) is 22.7. The lowest BCUT2D eigenvalue weighted by molar-refractivity contribution is -0.115. The number of amides is 1. The SMILES string of the molecule is CCCN(CCC)C(=NC(C)=O)C(Cc1ccccc1)P(=O)(OC(C)C)OC(C)C. The molecule has 6 nitrogen and oxygen atoms in total. The molecule has 0 aromatic heterocycles. The van der Waals surface area contributed by atoms with Crippen LogP contribution in [0.5, 0.6) is 0 Å². The highest BCUT2D eigenvalue weighted by molar-refractivity contribution is 7.55. The van der Waals surface area contributed by atoms with Crippen molar-refractivity contribution in [3.63, 3.8) is 0 Å². The molecule has 0 fully saturated rings. The van der Waals surface area contributed by atoms with Crippen LogP contribution in [0.3, 0.4) is 0 Å². The summed E-state index contributed by atoms with van der Waals surface area (Å²) in [6, 6.07) is 9.80. The molecule has 0 spiro atoms.